The number of nitrogens with zero attached hydrogens (tertiary/aromatic N) is 1. The number of nitrogens with two attached hydrogens (primary N) is 1. The van der Waals surface area contributed by atoms with Gasteiger partial charge in [-0.25, -0.2) is 18.2 Å². The van der Waals surface area contributed by atoms with E-state index in [1.807, 2.05) is 0 Å². The van der Waals surface area contributed by atoms with Gasteiger partial charge in [0.15, 0.2) is 0 Å². The molecule has 1 aromatic carbocycles. The van der Waals surface area contributed by atoms with Crippen molar-refractivity contribution >= 4 is 0 Å². The second kappa shape index (κ2) is 7.80. The number of benzene rings is 1. The summed E-state index contributed by atoms with van der Waals surface area (Å²) < 4.78 is 126. The largest absolute Gasteiger partial charge is 0.490 e. The molecule has 13 heteroatoms. The van der Waals surface area contributed by atoms with Crippen molar-refractivity contribution in [3.05, 3.63) is 46.9 Å². The summed E-state index contributed by atoms with van der Waals surface area (Å²) in [5.41, 5.74) is -5.42. The lowest BCUT2D eigenvalue weighted by molar-refractivity contribution is -0.263. The molecule has 3 N–H and O–H groups in total. The van der Waals surface area contributed by atoms with Crippen LogP contribution in [0.15, 0.2) is 24.3 Å². The Morgan fingerprint density at radius 1 is 1.06 bits per heavy atom. The molecule has 0 radical (unpaired) electrons. The lowest BCUT2D eigenvalue weighted by Gasteiger charge is -2.30. The van der Waals surface area contributed by atoms with E-state index in [1.54, 1.807) is 0 Å². The van der Waals surface area contributed by atoms with E-state index in [0.29, 0.717) is 12.1 Å². The highest BCUT2D eigenvalue weighted by Crippen LogP contribution is 2.48. The molecule has 176 valence electrons. The number of rotatable bonds is 5. The number of halogens is 9. The highest BCUT2D eigenvalue weighted by atomic mass is 19.4. The predicted molar refractivity (Wildman–Crippen MR) is 92.8 cm³/mol. The van der Waals surface area contributed by atoms with Gasteiger partial charge in [0.2, 0.25) is 5.60 Å². The Hall–Kier alpha value is -2.54. The first-order valence-electron chi connectivity index (χ1n) is 8.91. The molecule has 0 saturated carbocycles. The molecule has 4 nitrogen and oxygen atoms in total. The molecule has 0 bridgehead atoms. The number of pyridine rings is 1. The maximum atomic E-state index is 13.7. The molecule has 2 aromatic rings. The van der Waals surface area contributed by atoms with Crippen LogP contribution in [0, 0.1) is 5.82 Å². The molecule has 2 heterocycles. The summed E-state index contributed by atoms with van der Waals surface area (Å²) in [6.45, 7) is -4.99. The summed E-state index contributed by atoms with van der Waals surface area (Å²) in [6.07, 6.45) is -10.6. The van der Waals surface area contributed by atoms with Crippen LogP contribution < -0.4 is 10.5 Å². The molecule has 0 amide bonds. The molecule has 1 aromatic heterocycles. The van der Waals surface area contributed by atoms with Gasteiger partial charge in [-0.05, 0) is 24.3 Å². The highest BCUT2D eigenvalue weighted by molar-refractivity contribution is 5.71. The lowest BCUT2D eigenvalue weighted by Crippen LogP contribution is -2.49. The van der Waals surface area contributed by atoms with Gasteiger partial charge in [0.05, 0.1) is 16.7 Å². The van der Waals surface area contributed by atoms with Crippen molar-refractivity contribution in [2.24, 2.45) is 5.73 Å². The van der Waals surface area contributed by atoms with Gasteiger partial charge in [-0.1, -0.05) is 0 Å². The van der Waals surface area contributed by atoms with Gasteiger partial charge in [-0.2, -0.15) is 26.3 Å². The van der Waals surface area contributed by atoms with Gasteiger partial charge in [-0.3, -0.25) is 0 Å². The Morgan fingerprint density at radius 2 is 1.69 bits per heavy atom. The molecule has 1 aliphatic rings. The lowest BCUT2D eigenvalue weighted by atomic mass is 9.82. The fourth-order valence-electron chi connectivity index (χ4n) is 3.28. The van der Waals surface area contributed by atoms with Crippen molar-refractivity contribution < 1.29 is 49.4 Å². The molecular formula is C19H15F9N2O2. The van der Waals surface area contributed by atoms with Crippen LogP contribution in [0.25, 0.3) is 11.3 Å². The van der Waals surface area contributed by atoms with Crippen molar-refractivity contribution in [2.45, 2.75) is 23.4 Å². The zero-order valence-corrected chi connectivity index (χ0v) is 15.9. The van der Waals surface area contributed by atoms with Crippen molar-refractivity contribution in [1.29, 1.82) is 0 Å². The second-order valence-corrected chi connectivity index (χ2v) is 7.32. The zero-order chi connectivity index (χ0) is 24.1. The molecule has 1 aliphatic heterocycles. The Bertz CT molecular complexity index is 1020. The quantitative estimate of drug-likeness (QED) is 0.639. The van der Waals surface area contributed by atoms with Gasteiger partial charge >= 0.3 is 12.4 Å². The first kappa shape index (κ1) is 24.1. The number of hydrogen-bond donors (Lipinski definition) is 2. The standard InChI is InChI=1S/C19H15F9N2O2/c20-5-16(6-21)8-32-15-11(16)4-13(17(31,7-29)19(26,27)28)30-14(15)9-1-2-12(22)10(3-9)18(23,24)25/h1-4,31H,5-8,29H2. The summed E-state index contributed by atoms with van der Waals surface area (Å²) in [7, 11) is 0. The third-order valence-electron chi connectivity index (χ3n) is 5.28. The predicted octanol–water partition coefficient (Wildman–Crippen LogP) is 4.18. The molecule has 0 spiro atoms. The summed E-state index contributed by atoms with van der Waals surface area (Å²) >= 11 is 0. The summed E-state index contributed by atoms with van der Waals surface area (Å²) in [5.74, 6) is -2.14. The number of hydrogen-bond acceptors (Lipinski definition) is 4. The average Bonchev–Trinajstić information content (AvgIpc) is 3.10. The summed E-state index contributed by atoms with van der Waals surface area (Å²) in [5, 5.41) is 10.2. The molecule has 0 aliphatic carbocycles. The monoisotopic (exact) mass is 474 g/mol. The fourth-order valence-corrected chi connectivity index (χ4v) is 3.28. The molecule has 0 fully saturated rings. The van der Waals surface area contributed by atoms with E-state index >= 15 is 0 Å². The summed E-state index contributed by atoms with van der Waals surface area (Å²) in [4.78, 5) is 3.60. The van der Waals surface area contributed by atoms with E-state index in [9.17, 15) is 44.6 Å². The topological polar surface area (TPSA) is 68.4 Å². The molecule has 3 rings (SSSR count). The Balaban J connectivity index is 2.37. The van der Waals surface area contributed by atoms with Crippen LogP contribution in [0.5, 0.6) is 5.75 Å². The second-order valence-electron chi connectivity index (χ2n) is 7.32. The van der Waals surface area contributed by atoms with E-state index in [1.165, 1.54) is 0 Å². The van der Waals surface area contributed by atoms with Gasteiger partial charge in [0, 0.05) is 17.7 Å². The third-order valence-corrected chi connectivity index (χ3v) is 5.28. The number of alkyl halides is 8. The van der Waals surface area contributed by atoms with Crippen molar-refractivity contribution in [2.75, 3.05) is 26.5 Å². The first-order valence-corrected chi connectivity index (χ1v) is 8.91. The van der Waals surface area contributed by atoms with Gasteiger partial charge < -0.3 is 15.6 Å². The number of aliphatic hydroxyl groups is 1. The van der Waals surface area contributed by atoms with Gasteiger partial charge in [-0.15, -0.1) is 0 Å². The molecule has 0 saturated heterocycles. The van der Waals surface area contributed by atoms with Gasteiger partial charge in [0.1, 0.15) is 37.2 Å². The fraction of sp³-hybridized carbons (Fsp3) is 0.421. The minimum Gasteiger partial charge on any atom is -0.490 e. The van der Waals surface area contributed by atoms with Crippen LogP contribution in [-0.2, 0) is 17.2 Å². The molecular weight excluding hydrogens is 459 g/mol. The normalized spacial score (nSPS) is 17.6. The van der Waals surface area contributed by atoms with Crippen LogP contribution in [0.3, 0.4) is 0 Å². The Labute approximate surface area is 174 Å². The number of aromatic nitrogens is 1. The molecule has 32 heavy (non-hydrogen) atoms. The van der Waals surface area contributed by atoms with Gasteiger partial charge in [0.25, 0.3) is 0 Å². The zero-order valence-electron chi connectivity index (χ0n) is 15.9. The van der Waals surface area contributed by atoms with Crippen LogP contribution in [0.1, 0.15) is 16.8 Å². The molecule has 1 unspecified atom stereocenters. The smallest absolute Gasteiger partial charge is 0.424 e. The summed E-state index contributed by atoms with van der Waals surface area (Å²) in [6, 6.07) is 2.02. The van der Waals surface area contributed by atoms with Crippen LogP contribution in [-0.4, -0.2) is 42.8 Å². The first-order chi connectivity index (χ1) is 14.7. The van der Waals surface area contributed by atoms with Crippen molar-refractivity contribution in [1.82, 2.24) is 4.98 Å². The molecule has 1 atom stereocenters. The number of ether oxygens (including phenoxy) is 1. The maximum Gasteiger partial charge on any atom is 0.424 e. The van der Waals surface area contributed by atoms with E-state index in [2.05, 4.69) is 4.98 Å². The van der Waals surface area contributed by atoms with Crippen molar-refractivity contribution in [3.8, 4) is 17.0 Å². The van der Waals surface area contributed by atoms with E-state index in [-0.39, 0.29) is 6.07 Å². The minimum atomic E-state index is -5.40. The highest BCUT2D eigenvalue weighted by Gasteiger charge is 2.56. The SMILES string of the molecule is NCC(O)(c1cc2c(c(-c3ccc(F)c(C(F)(F)F)c3)n1)OCC2(CF)CF)C(F)(F)F. The van der Waals surface area contributed by atoms with E-state index in [0.717, 1.165) is 6.07 Å². The van der Waals surface area contributed by atoms with Crippen molar-refractivity contribution in [3.63, 3.8) is 0 Å². The van der Waals surface area contributed by atoms with Crippen LogP contribution in [0.2, 0.25) is 0 Å². The van der Waals surface area contributed by atoms with Crippen LogP contribution in [0.4, 0.5) is 39.5 Å². The third kappa shape index (κ3) is 3.66. The average molecular weight is 474 g/mol. The Kier molecular flexibility index (Phi) is 5.88. The Morgan fingerprint density at radius 3 is 2.19 bits per heavy atom. The number of fused-ring (bicyclic) bond motifs is 1. The van der Waals surface area contributed by atoms with E-state index in [4.69, 9.17) is 10.5 Å². The maximum absolute atomic E-state index is 13.7. The van der Waals surface area contributed by atoms with E-state index < -0.39 is 89.5 Å². The van der Waals surface area contributed by atoms with Crippen LogP contribution >= 0.6 is 0 Å². The minimum absolute atomic E-state index is 0.269.